The molecule has 0 spiro atoms. The summed E-state index contributed by atoms with van der Waals surface area (Å²) >= 11 is 6.69. The van der Waals surface area contributed by atoms with Crippen LogP contribution in [0, 0.1) is 5.92 Å². The Bertz CT molecular complexity index is 1790. The second kappa shape index (κ2) is 15.4. The van der Waals surface area contributed by atoms with E-state index in [1.807, 2.05) is 12.2 Å². The minimum absolute atomic E-state index is 0.0132. The van der Waals surface area contributed by atoms with Crippen LogP contribution in [-0.4, -0.2) is 81.9 Å². The number of methoxy groups -OCH3 is 1. The molecule has 1 aromatic carbocycles. The van der Waals surface area contributed by atoms with Gasteiger partial charge in [-0.25, -0.2) is 9.59 Å². The van der Waals surface area contributed by atoms with E-state index in [1.54, 1.807) is 18.2 Å². The van der Waals surface area contributed by atoms with E-state index in [1.165, 1.54) is 22.6 Å². The molecular formula is C37H45ClN4O9. The fraction of sp³-hybridized carbons (Fsp3) is 0.541. The zero-order valence-corrected chi connectivity index (χ0v) is 29.5. The monoisotopic (exact) mass is 724 g/mol. The Balaban J connectivity index is 1.29. The zero-order chi connectivity index (χ0) is 36.3. The number of aromatic nitrogens is 1. The molecule has 3 amide bonds. The molecule has 6 rings (SSSR count). The van der Waals surface area contributed by atoms with Crippen molar-refractivity contribution in [1.29, 1.82) is 0 Å². The van der Waals surface area contributed by atoms with Gasteiger partial charge < -0.3 is 39.4 Å². The van der Waals surface area contributed by atoms with Crippen LogP contribution in [0.25, 0.3) is 10.9 Å². The number of ether oxygens (including phenoxy) is 3. The molecule has 3 N–H and O–H groups in total. The molecule has 51 heavy (non-hydrogen) atoms. The van der Waals surface area contributed by atoms with Crippen molar-refractivity contribution in [3.8, 4) is 11.5 Å². The van der Waals surface area contributed by atoms with Gasteiger partial charge in [0.25, 0.3) is 5.56 Å². The second-order valence-electron chi connectivity index (χ2n) is 13.9. The maximum Gasteiger partial charge on any atom is 0.407 e. The van der Waals surface area contributed by atoms with Gasteiger partial charge in [-0.2, -0.15) is 0 Å². The summed E-state index contributed by atoms with van der Waals surface area (Å²) in [6.45, 7) is 3.92. The number of fused-ring (bicyclic) bond motifs is 3. The van der Waals surface area contributed by atoms with Crippen molar-refractivity contribution in [2.45, 2.75) is 107 Å². The topological polar surface area (TPSA) is 166 Å². The highest BCUT2D eigenvalue weighted by atomic mass is 35.5. The number of carbonyl (C=O) groups excluding carboxylic acids is 3. The Morgan fingerprint density at radius 3 is 2.61 bits per heavy atom. The van der Waals surface area contributed by atoms with E-state index in [0.29, 0.717) is 35.9 Å². The van der Waals surface area contributed by atoms with Gasteiger partial charge >= 0.3 is 12.1 Å². The highest BCUT2D eigenvalue weighted by Gasteiger charge is 2.61. The lowest BCUT2D eigenvalue weighted by atomic mass is 10.0. The average molecular weight is 725 g/mol. The van der Waals surface area contributed by atoms with Gasteiger partial charge in [-0.1, -0.05) is 36.2 Å². The Morgan fingerprint density at radius 2 is 1.88 bits per heavy atom. The standard InChI is InChI=1S/C37H45ClN4O9/c1-3-16-41-31(44)19-29(26-14-15-28(49-2)32(38)33(26)41)50-25-18-27-34(45)40-37(35(46)47)20-22(37)10-6-4-5-7-11-23(17-30(43)42(27)21-25)39-36(48)51-24-12-8-9-13-24/h3,6,10,14-15,19,22-25,27H,1,4-5,7-9,11-13,16-18,20-21H2,2H3,(H,39,48)(H,40,45)(H,46,47)/b10-6-/t22-,23+,25-,27+,37-/m1/s1. The molecule has 3 heterocycles. The van der Waals surface area contributed by atoms with Gasteiger partial charge in [0.1, 0.15) is 40.3 Å². The summed E-state index contributed by atoms with van der Waals surface area (Å²) < 4.78 is 18.9. The van der Waals surface area contributed by atoms with E-state index in [4.69, 9.17) is 25.8 Å². The van der Waals surface area contributed by atoms with Crippen LogP contribution >= 0.6 is 11.6 Å². The van der Waals surface area contributed by atoms with E-state index in [2.05, 4.69) is 17.2 Å². The molecule has 2 aromatic rings. The summed E-state index contributed by atoms with van der Waals surface area (Å²) in [6, 6.07) is 3.12. The number of hydrogen-bond acceptors (Lipinski definition) is 8. The van der Waals surface area contributed by atoms with Crippen LogP contribution in [0.5, 0.6) is 11.5 Å². The van der Waals surface area contributed by atoms with Gasteiger partial charge in [0.15, 0.2) is 0 Å². The number of carboxylic acid groups (broad SMARTS) is 1. The number of nitrogens with zero attached hydrogens (tertiary/aromatic N) is 2. The van der Waals surface area contributed by atoms with Crippen LogP contribution in [0.15, 0.2) is 47.8 Å². The first-order valence-corrected chi connectivity index (χ1v) is 18.1. The number of benzene rings is 1. The molecule has 13 nitrogen and oxygen atoms in total. The fourth-order valence-electron chi connectivity index (χ4n) is 7.63. The highest BCUT2D eigenvalue weighted by Crippen LogP contribution is 2.45. The number of hydrogen-bond donors (Lipinski definition) is 3. The van der Waals surface area contributed by atoms with Crippen LogP contribution in [0.2, 0.25) is 5.02 Å². The number of amides is 3. The van der Waals surface area contributed by atoms with Crippen molar-refractivity contribution in [2.75, 3.05) is 13.7 Å². The molecule has 2 saturated carbocycles. The number of carboxylic acids is 1. The van der Waals surface area contributed by atoms with Crippen LogP contribution in [-0.2, 0) is 25.7 Å². The van der Waals surface area contributed by atoms with Crippen molar-refractivity contribution in [3.63, 3.8) is 0 Å². The quantitative estimate of drug-likeness (QED) is 0.327. The molecule has 0 unspecified atom stereocenters. The number of pyridine rings is 1. The van der Waals surface area contributed by atoms with Gasteiger partial charge in [-0.15, -0.1) is 6.58 Å². The van der Waals surface area contributed by atoms with Gasteiger partial charge in [-0.05, 0) is 63.5 Å². The van der Waals surface area contributed by atoms with Crippen molar-refractivity contribution >= 4 is 46.4 Å². The molecule has 274 valence electrons. The molecule has 4 aliphatic rings. The molecule has 1 saturated heterocycles. The lowest BCUT2D eigenvalue weighted by molar-refractivity contribution is -0.145. The number of rotatable bonds is 8. The largest absolute Gasteiger partial charge is 0.495 e. The van der Waals surface area contributed by atoms with E-state index in [0.717, 1.165) is 32.1 Å². The van der Waals surface area contributed by atoms with E-state index in [9.17, 15) is 29.1 Å². The first-order chi connectivity index (χ1) is 24.5. The first kappa shape index (κ1) is 36.3. The summed E-state index contributed by atoms with van der Waals surface area (Å²) in [4.78, 5) is 68.1. The third-order valence-electron chi connectivity index (χ3n) is 10.5. The van der Waals surface area contributed by atoms with Crippen molar-refractivity contribution in [3.05, 3.63) is 58.4 Å². The van der Waals surface area contributed by atoms with Crippen LogP contribution < -0.4 is 25.7 Å². The molecule has 3 fully saturated rings. The van der Waals surface area contributed by atoms with Crippen molar-refractivity contribution < 1.29 is 38.5 Å². The van der Waals surface area contributed by atoms with E-state index < -0.39 is 53.2 Å². The molecule has 0 radical (unpaired) electrons. The Labute approximate surface area is 300 Å². The minimum Gasteiger partial charge on any atom is -0.495 e. The summed E-state index contributed by atoms with van der Waals surface area (Å²) in [5.74, 6) is -1.94. The Kier molecular flexibility index (Phi) is 10.9. The van der Waals surface area contributed by atoms with Gasteiger partial charge in [0.2, 0.25) is 11.8 Å². The predicted octanol–water partition coefficient (Wildman–Crippen LogP) is 4.72. The summed E-state index contributed by atoms with van der Waals surface area (Å²) in [7, 11) is 1.47. The predicted molar refractivity (Wildman–Crippen MR) is 189 cm³/mol. The van der Waals surface area contributed by atoms with Crippen LogP contribution in [0.4, 0.5) is 4.79 Å². The maximum absolute atomic E-state index is 14.1. The average Bonchev–Trinajstić information content (AvgIpc) is 3.36. The Hall–Kier alpha value is -4.52. The third-order valence-corrected chi connectivity index (χ3v) is 10.8. The highest BCUT2D eigenvalue weighted by molar-refractivity contribution is 6.36. The summed E-state index contributed by atoms with van der Waals surface area (Å²) in [5.41, 5.74) is -1.48. The van der Waals surface area contributed by atoms with Crippen molar-refractivity contribution in [1.82, 2.24) is 20.1 Å². The zero-order valence-electron chi connectivity index (χ0n) is 28.7. The van der Waals surface area contributed by atoms with Crippen LogP contribution in [0.1, 0.15) is 70.6 Å². The molecule has 14 heteroatoms. The number of halogens is 1. The SMILES string of the molecule is C=CCn1c(=O)cc(O[C@@H]2C[C@H]3C(=O)N[C@]4(C(=O)O)C[C@H]4/C=C\CCCC[C@H](NC(=O)OC4CCCC4)CC(=O)N3C2)c2ccc(OC)c(Cl)c21. The maximum atomic E-state index is 14.1. The van der Waals surface area contributed by atoms with Crippen LogP contribution in [0.3, 0.4) is 0 Å². The molecule has 2 aliphatic carbocycles. The summed E-state index contributed by atoms with van der Waals surface area (Å²) in [6.07, 6.45) is 10.4. The number of nitrogens with one attached hydrogen (secondary N) is 2. The number of carbonyl (C=O) groups is 4. The van der Waals surface area contributed by atoms with Crippen molar-refractivity contribution in [2.24, 2.45) is 5.92 Å². The fourth-order valence-corrected chi connectivity index (χ4v) is 7.97. The van der Waals surface area contributed by atoms with E-state index in [-0.39, 0.29) is 55.1 Å². The smallest absolute Gasteiger partial charge is 0.407 e. The lowest BCUT2D eigenvalue weighted by Crippen LogP contribution is -2.53. The molecular weight excluding hydrogens is 680 g/mol. The third kappa shape index (κ3) is 7.73. The van der Waals surface area contributed by atoms with E-state index >= 15 is 0 Å². The van der Waals surface area contributed by atoms with Gasteiger partial charge in [-0.3, -0.25) is 14.4 Å². The molecule has 5 atom stereocenters. The Morgan fingerprint density at radius 1 is 1.12 bits per heavy atom. The van der Waals surface area contributed by atoms with Gasteiger partial charge in [0, 0.05) is 42.8 Å². The lowest BCUT2D eigenvalue weighted by Gasteiger charge is -2.27. The number of aliphatic carboxylic acids is 1. The minimum atomic E-state index is -1.46. The summed E-state index contributed by atoms with van der Waals surface area (Å²) in [5, 5.41) is 16.5. The second-order valence-corrected chi connectivity index (χ2v) is 14.3. The molecule has 0 bridgehead atoms. The number of alkyl carbamates (subject to hydrolysis) is 1. The first-order valence-electron chi connectivity index (χ1n) is 17.7. The normalized spacial score (nSPS) is 27.7. The number of allylic oxidation sites excluding steroid dienone is 2. The van der Waals surface area contributed by atoms with Gasteiger partial charge in [0.05, 0.1) is 19.2 Å². The molecule has 1 aromatic heterocycles. The molecule has 2 aliphatic heterocycles.